The van der Waals surface area contributed by atoms with Gasteiger partial charge in [-0.2, -0.15) is 13.2 Å². The number of piperidine rings is 1. The Morgan fingerprint density at radius 3 is 2.57 bits per heavy atom. The minimum atomic E-state index is -5.08. The predicted molar refractivity (Wildman–Crippen MR) is 93.3 cm³/mol. The van der Waals surface area contributed by atoms with Crippen LogP contribution in [-0.4, -0.2) is 61.7 Å². The molecular formula is C19H25F4NO4. The summed E-state index contributed by atoms with van der Waals surface area (Å²) in [5.41, 5.74) is 1.30. The van der Waals surface area contributed by atoms with Gasteiger partial charge in [-0.1, -0.05) is 12.1 Å². The number of ether oxygens (including phenoxy) is 2. The number of aliphatic carboxylic acids is 1. The number of carbonyl (C=O) groups is 1. The van der Waals surface area contributed by atoms with E-state index in [9.17, 15) is 17.6 Å². The summed E-state index contributed by atoms with van der Waals surface area (Å²) in [4.78, 5) is 11.4. The van der Waals surface area contributed by atoms with Gasteiger partial charge in [-0.15, -0.1) is 0 Å². The van der Waals surface area contributed by atoms with Crippen molar-refractivity contribution in [1.29, 1.82) is 0 Å². The molecule has 0 aromatic heterocycles. The normalized spacial score (nSPS) is 25.4. The summed E-state index contributed by atoms with van der Waals surface area (Å²) >= 11 is 0. The second kappa shape index (κ2) is 9.67. The van der Waals surface area contributed by atoms with Crippen LogP contribution in [0.25, 0.3) is 0 Å². The molecule has 2 aliphatic heterocycles. The maximum Gasteiger partial charge on any atom is 0.490 e. The molecule has 9 heteroatoms. The highest BCUT2D eigenvalue weighted by Crippen LogP contribution is 2.40. The van der Waals surface area contributed by atoms with E-state index in [1.807, 2.05) is 12.1 Å². The van der Waals surface area contributed by atoms with Crippen molar-refractivity contribution in [2.75, 3.05) is 33.4 Å². The Morgan fingerprint density at radius 1 is 1.36 bits per heavy atom. The number of benzene rings is 1. The van der Waals surface area contributed by atoms with Crippen LogP contribution in [0.15, 0.2) is 24.3 Å². The quantitative estimate of drug-likeness (QED) is 0.775. The third-order valence-electron chi connectivity index (χ3n) is 5.06. The molecule has 0 radical (unpaired) electrons. The first-order valence-electron chi connectivity index (χ1n) is 9.04. The highest BCUT2D eigenvalue weighted by molar-refractivity contribution is 5.73. The van der Waals surface area contributed by atoms with Crippen LogP contribution in [-0.2, 0) is 20.8 Å². The van der Waals surface area contributed by atoms with E-state index in [4.69, 9.17) is 19.4 Å². The lowest BCUT2D eigenvalue weighted by atomic mass is 9.73. The molecule has 0 spiro atoms. The fourth-order valence-corrected chi connectivity index (χ4v) is 3.86. The number of carboxylic acid groups (broad SMARTS) is 1. The molecule has 2 saturated heterocycles. The molecule has 0 bridgehead atoms. The third kappa shape index (κ3) is 6.15. The van der Waals surface area contributed by atoms with Gasteiger partial charge in [-0.25, -0.2) is 9.18 Å². The molecule has 28 heavy (non-hydrogen) atoms. The van der Waals surface area contributed by atoms with Crippen LogP contribution in [0, 0.1) is 11.2 Å². The smallest absolute Gasteiger partial charge is 0.475 e. The van der Waals surface area contributed by atoms with Gasteiger partial charge in [0, 0.05) is 38.8 Å². The van der Waals surface area contributed by atoms with Crippen molar-refractivity contribution in [3.05, 3.63) is 35.6 Å². The lowest BCUT2D eigenvalue weighted by molar-refractivity contribution is -0.192. The molecule has 0 saturated carbocycles. The highest BCUT2D eigenvalue weighted by Gasteiger charge is 2.45. The van der Waals surface area contributed by atoms with Crippen LogP contribution in [0.5, 0.6) is 0 Å². The number of hydrogen-bond donors (Lipinski definition) is 1. The van der Waals surface area contributed by atoms with Gasteiger partial charge in [-0.05, 0) is 37.0 Å². The van der Waals surface area contributed by atoms with E-state index in [2.05, 4.69) is 4.90 Å². The van der Waals surface area contributed by atoms with Crippen LogP contribution in [0.3, 0.4) is 0 Å². The molecule has 158 valence electrons. The molecule has 5 nitrogen and oxygen atoms in total. The van der Waals surface area contributed by atoms with Crippen LogP contribution < -0.4 is 0 Å². The van der Waals surface area contributed by atoms with Gasteiger partial charge >= 0.3 is 12.1 Å². The molecular weight excluding hydrogens is 382 g/mol. The number of methoxy groups -OCH3 is 1. The Labute approximate surface area is 161 Å². The van der Waals surface area contributed by atoms with Gasteiger partial charge in [0.25, 0.3) is 0 Å². The lowest BCUT2D eigenvalue weighted by Crippen LogP contribution is -2.56. The maximum atomic E-state index is 13.0. The van der Waals surface area contributed by atoms with E-state index in [1.165, 1.54) is 24.1 Å². The summed E-state index contributed by atoms with van der Waals surface area (Å²) in [6.45, 7) is 4.56. The standard InChI is InChI=1S/C17H24FNO2.C2HF3O2/c1-20-13-17-8-2-10-21-16(17)7-9-19(12-17)11-14-3-5-15(18)6-4-14;3-2(4,5)1(6)7/h3-6,16H,2,7-13H2,1H3;(H,6,7). The molecule has 1 aromatic rings. The van der Waals surface area contributed by atoms with Crippen molar-refractivity contribution in [3.8, 4) is 0 Å². The number of alkyl halides is 3. The maximum absolute atomic E-state index is 13.0. The largest absolute Gasteiger partial charge is 0.490 e. The third-order valence-corrected chi connectivity index (χ3v) is 5.06. The van der Waals surface area contributed by atoms with Gasteiger partial charge in [0.1, 0.15) is 5.82 Å². The minimum Gasteiger partial charge on any atom is -0.475 e. The van der Waals surface area contributed by atoms with E-state index in [1.54, 1.807) is 7.11 Å². The average Bonchev–Trinajstić information content (AvgIpc) is 2.63. The van der Waals surface area contributed by atoms with Crippen molar-refractivity contribution < 1.29 is 36.9 Å². The first kappa shape index (κ1) is 22.6. The number of nitrogens with zero attached hydrogens (tertiary/aromatic N) is 1. The summed E-state index contributed by atoms with van der Waals surface area (Å²) in [7, 11) is 1.78. The summed E-state index contributed by atoms with van der Waals surface area (Å²) in [6.07, 6.45) is -1.41. The van der Waals surface area contributed by atoms with E-state index in [-0.39, 0.29) is 11.2 Å². The Balaban J connectivity index is 0.000000345. The van der Waals surface area contributed by atoms with E-state index < -0.39 is 12.1 Å². The molecule has 2 atom stereocenters. The van der Waals surface area contributed by atoms with E-state index in [0.717, 1.165) is 45.7 Å². The number of hydrogen-bond acceptors (Lipinski definition) is 4. The van der Waals surface area contributed by atoms with Crippen LogP contribution in [0.2, 0.25) is 0 Å². The van der Waals surface area contributed by atoms with Gasteiger partial charge < -0.3 is 14.6 Å². The summed E-state index contributed by atoms with van der Waals surface area (Å²) in [5, 5.41) is 7.12. The monoisotopic (exact) mass is 407 g/mol. The van der Waals surface area contributed by atoms with Crippen molar-refractivity contribution in [2.24, 2.45) is 5.41 Å². The second-order valence-corrected chi connectivity index (χ2v) is 7.19. The van der Waals surface area contributed by atoms with Crippen molar-refractivity contribution in [3.63, 3.8) is 0 Å². The molecule has 1 aromatic carbocycles. The first-order valence-corrected chi connectivity index (χ1v) is 9.04. The Morgan fingerprint density at radius 2 is 2.00 bits per heavy atom. The number of rotatable bonds is 4. The number of fused-ring (bicyclic) bond motifs is 1. The Kier molecular flexibility index (Phi) is 7.79. The molecule has 2 unspecified atom stereocenters. The molecule has 0 amide bonds. The number of halogens is 4. The zero-order valence-electron chi connectivity index (χ0n) is 15.7. The average molecular weight is 407 g/mol. The van der Waals surface area contributed by atoms with Gasteiger partial charge in [-0.3, -0.25) is 4.90 Å². The predicted octanol–water partition coefficient (Wildman–Crippen LogP) is 3.48. The highest BCUT2D eigenvalue weighted by atomic mass is 19.4. The minimum absolute atomic E-state index is 0.130. The fourth-order valence-electron chi connectivity index (χ4n) is 3.86. The number of likely N-dealkylation sites (tertiary alicyclic amines) is 1. The second-order valence-electron chi connectivity index (χ2n) is 7.19. The van der Waals surface area contributed by atoms with Crippen LogP contribution in [0.1, 0.15) is 24.8 Å². The van der Waals surface area contributed by atoms with Crippen LogP contribution >= 0.6 is 0 Å². The van der Waals surface area contributed by atoms with E-state index in [0.29, 0.717) is 6.10 Å². The van der Waals surface area contributed by atoms with Crippen molar-refractivity contribution in [2.45, 2.75) is 38.1 Å². The Bertz CT molecular complexity index is 634. The van der Waals surface area contributed by atoms with E-state index >= 15 is 0 Å². The SMILES string of the molecule is COCC12CCCOC1CCN(Cc1ccc(F)cc1)C2.O=C(O)C(F)(F)F. The fraction of sp³-hybridized carbons (Fsp3) is 0.632. The Hall–Kier alpha value is -1.71. The summed E-state index contributed by atoms with van der Waals surface area (Å²) in [6, 6.07) is 6.83. The molecule has 3 rings (SSSR count). The molecule has 0 aliphatic carbocycles. The zero-order chi connectivity index (χ0) is 20.8. The lowest BCUT2D eigenvalue weighted by Gasteiger charge is -2.50. The summed E-state index contributed by atoms with van der Waals surface area (Å²) in [5.74, 6) is -2.93. The van der Waals surface area contributed by atoms with Gasteiger partial charge in [0.2, 0.25) is 0 Å². The van der Waals surface area contributed by atoms with Crippen LogP contribution in [0.4, 0.5) is 17.6 Å². The molecule has 2 aliphatic rings. The summed E-state index contributed by atoms with van der Waals surface area (Å²) < 4.78 is 56.2. The van der Waals surface area contributed by atoms with Crippen molar-refractivity contribution in [1.82, 2.24) is 4.90 Å². The van der Waals surface area contributed by atoms with Gasteiger partial charge in [0.15, 0.2) is 0 Å². The topological polar surface area (TPSA) is 59.0 Å². The molecule has 2 heterocycles. The molecule has 2 fully saturated rings. The number of carboxylic acids is 1. The van der Waals surface area contributed by atoms with Crippen molar-refractivity contribution >= 4 is 5.97 Å². The molecule has 1 N–H and O–H groups in total. The zero-order valence-corrected chi connectivity index (χ0v) is 15.7. The first-order chi connectivity index (χ1) is 13.2. The van der Waals surface area contributed by atoms with Gasteiger partial charge in [0.05, 0.1) is 12.7 Å².